The van der Waals surface area contributed by atoms with Gasteiger partial charge < -0.3 is 11.1 Å². The predicted octanol–water partition coefficient (Wildman–Crippen LogP) is 3.19. The first kappa shape index (κ1) is 17.0. The smallest absolute Gasteiger partial charge is 0.223 e. The van der Waals surface area contributed by atoms with E-state index in [1.165, 1.54) is 5.56 Å². The van der Waals surface area contributed by atoms with Crippen LogP contribution in [0.15, 0.2) is 30.3 Å². The third kappa shape index (κ3) is 4.50. The van der Waals surface area contributed by atoms with E-state index in [4.69, 9.17) is 5.73 Å². The van der Waals surface area contributed by atoms with Crippen LogP contribution in [0.5, 0.6) is 0 Å². The number of rotatable bonds is 5. The van der Waals surface area contributed by atoms with E-state index in [9.17, 15) is 4.79 Å². The number of hydrogen-bond acceptors (Lipinski definition) is 2. The highest BCUT2D eigenvalue weighted by Gasteiger charge is 2.29. The molecule has 0 aliphatic heterocycles. The molecular weight excluding hydrogens is 272 g/mol. The van der Waals surface area contributed by atoms with Gasteiger partial charge in [-0.2, -0.15) is 0 Å². The van der Waals surface area contributed by atoms with Crippen LogP contribution in [-0.2, 0) is 4.79 Å². The maximum atomic E-state index is 12.3. The molecular formula is C16H25ClN2O. The van der Waals surface area contributed by atoms with Crippen molar-refractivity contribution in [3.8, 4) is 0 Å². The van der Waals surface area contributed by atoms with Crippen molar-refractivity contribution in [1.82, 2.24) is 5.32 Å². The number of nitrogens with two attached hydrogens (primary N) is 1. The molecule has 3 nitrogen and oxygen atoms in total. The molecule has 0 heterocycles. The monoisotopic (exact) mass is 296 g/mol. The summed E-state index contributed by atoms with van der Waals surface area (Å²) in [5.74, 6) is 0.285. The zero-order chi connectivity index (χ0) is 13.7. The van der Waals surface area contributed by atoms with Gasteiger partial charge >= 0.3 is 0 Å². The molecule has 1 aliphatic rings. The normalized spacial score (nSPS) is 22.9. The summed E-state index contributed by atoms with van der Waals surface area (Å²) in [6.45, 7) is 2.15. The number of benzene rings is 1. The Hall–Kier alpha value is -1.06. The molecule has 1 aromatic carbocycles. The molecule has 0 saturated heterocycles. The van der Waals surface area contributed by atoms with Gasteiger partial charge in [0, 0.05) is 12.0 Å². The summed E-state index contributed by atoms with van der Waals surface area (Å²) in [6.07, 6.45) is 4.78. The fraction of sp³-hybridized carbons (Fsp3) is 0.562. The minimum absolute atomic E-state index is 0. The van der Waals surface area contributed by atoms with Crippen LogP contribution in [0.25, 0.3) is 0 Å². The summed E-state index contributed by atoms with van der Waals surface area (Å²) < 4.78 is 0. The molecule has 1 aliphatic carbocycles. The van der Waals surface area contributed by atoms with Crippen LogP contribution in [0.4, 0.5) is 0 Å². The molecule has 1 fully saturated rings. The molecule has 0 radical (unpaired) electrons. The zero-order valence-electron chi connectivity index (χ0n) is 12.0. The van der Waals surface area contributed by atoms with Crippen molar-refractivity contribution < 1.29 is 4.79 Å². The lowest BCUT2D eigenvalue weighted by Gasteiger charge is -2.21. The summed E-state index contributed by atoms with van der Waals surface area (Å²) in [7, 11) is 0. The highest BCUT2D eigenvalue weighted by atomic mass is 35.5. The van der Waals surface area contributed by atoms with Gasteiger partial charge in [0.2, 0.25) is 5.91 Å². The Balaban J connectivity index is 0.00000200. The Morgan fingerprint density at radius 1 is 1.35 bits per heavy atom. The third-order valence-electron chi connectivity index (χ3n) is 3.94. The van der Waals surface area contributed by atoms with Crippen molar-refractivity contribution in [3.05, 3.63) is 35.9 Å². The van der Waals surface area contributed by atoms with Crippen LogP contribution in [0.3, 0.4) is 0 Å². The number of carbonyl (C=O) groups is 1. The van der Waals surface area contributed by atoms with Crippen molar-refractivity contribution in [2.24, 2.45) is 11.7 Å². The average Bonchev–Trinajstić information content (AvgIpc) is 2.86. The van der Waals surface area contributed by atoms with Crippen LogP contribution >= 0.6 is 12.4 Å². The summed E-state index contributed by atoms with van der Waals surface area (Å²) in [5, 5.41) is 3.20. The van der Waals surface area contributed by atoms with E-state index in [1.54, 1.807) is 0 Å². The fourth-order valence-corrected chi connectivity index (χ4v) is 2.84. The van der Waals surface area contributed by atoms with Crippen molar-refractivity contribution >= 4 is 18.3 Å². The lowest BCUT2D eigenvalue weighted by molar-refractivity contribution is -0.125. The first-order valence-corrected chi connectivity index (χ1v) is 7.31. The number of nitrogens with one attached hydrogen (secondary N) is 1. The van der Waals surface area contributed by atoms with Gasteiger partial charge in [-0.25, -0.2) is 0 Å². The Morgan fingerprint density at radius 2 is 2.05 bits per heavy atom. The van der Waals surface area contributed by atoms with Gasteiger partial charge in [0.25, 0.3) is 0 Å². The van der Waals surface area contributed by atoms with Gasteiger partial charge in [-0.3, -0.25) is 4.79 Å². The predicted molar refractivity (Wildman–Crippen MR) is 84.8 cm³/mol. The zero-order valence-corrected chi connectivity index (χ0v) is 12.9. The molecule has 3 unspecified atom stereocenters. The highest BCUT2D eigenvalue weighted by molar-refractivity contribution is 5.85. The fourth-order valence-electron chi connectivity index (χ4n) is 2.84. The van der Waals surface area contributed by atoms with Gasteiger partial charge in [0.05, 0.1) is 6.04 Å². The molecule has 112 valence electrons. The van der Waals surface area contributed by atoms with Gasteiger partial charge in [0.15, 0.2) is 0 Å². The van der Waals surface area contributed by atoms with Crippen molar-refractivity contribution in [2.45, 2.75) is 51.1 Å². The van der Waals surface area contributed by atoms with Crippen LogP contribution in [-0.4, -0.2) is 11.9 Å². The largest absolute Gasteiger partial charge is 0.349 e. The molecule has 1 amide bonds. The van der Waals surface area contributed by atoms with Gasteiger partial charge in [-0.1, -0.05) is 43.7 Å². The van der Waals surface area contributed by atoms with E-state index in [0.29, 0.717) is 0 Å². The van der Waals surface area contributed by atoms with Crippen molar-refractivity contribution in [1.29, 1.82) is 0 Å². The van der Waals surface area contributed by atoms with E-state index in [-0.39, 0.29) is 36.3 Å². The average molecular weight is 297 g/mol. The topological polar surface area (TPSA) is 55.1 Å². The van der Waals surface area contributed by atoms with Gasteiger partial charge in [-0.05, 0) is 31.2 Å². The summed E-state index contributed by atoms with van der Waals surface area (Å²) >= 11 is 0. The number of halogens is 1. The Bertz CT molecular complexity index is 410. The van der Waals surface area contributed by atoms with E-state index >= 15 is 0 Å². The molecule has 3 atom stereocenters. The first-order valence-electron chi connectivity index (χ1n) is 7.31. The second-order valence-corrected chi connectivity index (χ2v) is 5.53. The van der Waals surface area contributed by atoms with Crippen LogP contribution in [0, 0.1) is 5.92 Å². The number of carbonyl (C=O) groups excluding carboxylic acids is 1. The molecule has 0 aromatic heterocycles. The van der Waals surface area contributed by atoms with Crippen LogP contribution < -0.4 is 11.1 Å². The second-order valence-electron chi connectivity index (χ2n) is 5.53. The summed E-state index contributed by atoms with van der Waals surface area (Å²) in [5.41, 5.74) is 7.08. The third-order valence-corrected chi connectivity index (χ3v) is 3.94. The maximum absolute atomic E-state index is 12.3. The van der Waals surface area contributed by atoms with E-state index < -0.39 is 0 Å². The quantitative estimate of drug-likeness (QED) is 0.877. The van der Waals surface area contributed by atoms with Gasteiger partial charge in [-0.15, -0.1) is 12.4 Å². The molecule has 0 bridgehead atoms. The van der Waals surface area contributed by atoms with Gasteiger partial charge in [0.1, 0.15) is 0 Å². The van der Waals surface area contributed by atoms with Crippen LogP contribution in [0.1, 0.15) is 50.6 Å². The summed E-state index contributed by atoms with van der Waals surface area (Å²) in [6, 6.07) is 10.6. The molecule has 1 aromatic rings. The standard InChI is InChI=1S/C16H24N2O.ClH/c1-2-6-15(12-7-4-3-5-8-12)18-16(19)13-9-10-14(17)11-13;/h3-5,7-8,13-15H,2,6,9-11,17H2,1H3,(H,18,19);1H. The Labute approximate surface area is 127 Å². The molecule has 2 rings (SSSR count). The lowest BCUT2D eigenvalue weighted by Crippen LogP contribution is -2.33. The molecule has 0 spiro atoms. The summed E-state index contributed by atoms with van der Waals surface area (Å²) in [4.78, 5) is 12.3. The van der Waals surface area contributed by atoms with Crippen molar-refractivity contribution in [3.63, 3.8) is 0 Å². The SMILES string of the molecule is CCCC(NC(=O)C1CCC(N)C1)c1ccccc1.Cl. The van der Waals surface area contributed by atoms with E-state index in [0.717, 1.165) is 32.1 Å². The first-order chi connectivity index (χ1) is 9.20. The molecule has 20 heavy (non-hydrogen) atoms. The Kier molecular flexibility index (Phi) is 7.03. The van der Waals surface area contributed by atoms with Crippen molar-refractivity contribution in [2.75, 3.05) is 0 Å². The maximum Gasteiger partial charge on any atom is 0.223 e. The number of hydrogen-bond donors (Lipinski definition) is 2. The number of amides is 1. The minimum Gasteiger partial charge on any atom is -0.349 e. The lowest BCUT2D eigenvalue weighted by atomic mass is 10.0. The minimum atomic E-state index is 0. The second kappa shape index (κ2) is 8.28. The molecule has 1 saturated carbocycles. The molecule has 4 heteroatoms. The molecule has 3 N–H and O–H groups in total. The van der Waals surface area contributed by atoms with Crippen LogP contribution in [0.2, 0.25) is 0 Å². The highest BCUT2D eigenvalue weighted by Crippen LogP contribution is 2.26. The van der Waals surface area contributed by atoms with E-state index in [1.807, 2.05) is 18.2 Å². The Morgan fingerprint density at radius 3 is 2.60 bits per heavy atom. The van der Waals surface area contributed by atoms with E-state index in [2.05, 4.69) is 24.4 Å².